The molecular formula is C14H24N2O3. The van der Waals surface area contributed by atoms with Gasteiger partial charge in [-0.05, 0) is 44.4 Å². The summed E-state index contributed by atoms with van der Waals surface area (Å²) in [5, 5.41) is 12.0. The van der Waals surface area contributed by atoms with Crippen LogP contribution in [-0.4, -0.2) is 30.1 Å². The Morgan fingerprint density at radius 1 is 1.21 bits per heavy atom. The van der Waals surface area contributed by atoms with Crippen molar-refractivity contribution >= 4 is 11.9 Å². The molecule has 2 fully saturated rings. The Bertz CT molecular complexity index is 339. The first-order chi connectivity index (χ1) is 9.07. The standard InChI is InChI=1S/C14H24N2O3/c15-9-14(6-1-7-14)13(19)16-8-10-2-4-11(5-3-10)12(17)18/h10-11H,1-9,15H2,(H,16,19)(H,17,18). The molecule has 0 saturated heterocycles. The van der Waals surface area contributed by atoms with E-state index >= 15 is 0 Å². The summed E-state index contributed by atoms with van der Waals surface area (Å²) in [6, 6.07) is 0. The topological polar surface area (TPSA) is 92.4 Å². The summed E-state index contributed by atoms with van der Waals surface area (Å²) in [5.41, 5.74) is 5.40. The fourth-order valence-corrected chi connectivity index (χ4v) is 3.17. The molecule has 0 unspecified atom stereocenters. The highest BCUT2D eigenvalue weighted by Gasteiger charge is 2.42. The van der Waals surface area contributed by atoms with Crippen LogP contribution < -0.4 is 11.1 Å². The van der Waals surface area contributed by atoms with Gasteiger partial charge in [0.2, 0.25) is 5.91 Å². The number of hydrogen-bond acceptors (Lipinski definition) is 3. The fraction of sp³-hybridized carbons (Fsp3) is 0.857. The Morgan fingerprint density at radius 2 is 1.84 bits per heavy atom. The Hall–Kier alpha value is -1.10. The molecule has 0 bridgehead atoms. The molecule has 5 heteroatoms. The van der Waals surface area contributed by atoms with Gasteiger partial charge in [0.15, 0.2) is 0 Å². The molecule has 0 aliphatic heterocycles. The second-order valence-corrected chi connectivity index (χ2v) is 6.10. The van der Waals surface area contributed by atoms with E-state index in [4.69, 9.17) is 10.8 Å². The van der Waals surface area contributed by atoms with Crippen molar-refractivity contribution in [2.24, 2.45) is 23.0 Å². The molecule has 0 aromatic carbocycles. The number of nitrogens with one attached hydrogen (secondary N) is 1. The first-order valence-electron chi connectivity index (χ1n) is 7.28. The summed E-state index contributed by atoms with van der Waals surface area (Å²) in [5.74, 6) is -0.343. The van der Waals surface area contributed by atoms with Crippen molar-refractivity contribution in [2.75, 3.05) is 13.1 Å². The maximum absolute atomic E-state index is 12.1. The quantitative estimate of drug-likeness (QED) is 0.696. The summed E-state index contributed by atoms with van der Waals surface area (Å²) in [6.45, 7) is 1.11. The van der Waals surface area contributed by atoms with Crippen LogP contribution in [0.1, 0.15) is 44.9 Å². The van der Waals surface area contributed by atoms with E-state index in [-0.39, 0.29) is 17.2 Å². The molecule has 0 aromatic heterocycles. The van der Waals surface area contributed by atoms with Gasteiger partial charge in [0.1, 0.15) is 0 Å². The van der Waals surface area contributed by atoms with Gasteiger partial charge >= 0.3 is 5.97 Å². The first-order valence-corrected chi connectivity index (χ1v) is 7.28. The summed E-state index contributed by atoms with van der Waals surface area (Å²) in [6.07, 6.45) is 6.16. The van der Waals surface area contributed by atoms with Gasteiger partial charge in [0, 0.05) is 13.1 Å². The molecule has 2 rings (SSSR count). The molecule has 0 atom stereocenters. The van der Waals surface area contributed by atoms with Gasteiger partial charge in [-0.25, -0.2) is 0 Å². The van der Waals surface area contributed by atoms with Crippen LogP contribution in [0.5, 0.6) is 0 Å². The predicted molar refractivity (Wildman–Crippen MR) is 71.4 cm³/mol. The highest BCUT2D eigenvalue weighted by Crippen LogP contribution is 2.40. The number of amides is 1. The average Bonchev–Trinajstić information content (AvgIpc) is 2.36. The van der Waals surface area contributed by atoms with E-state index in [2.05, 4.69) is 5.32 Å². The Labute approximate surface area is 113 Å². The summed E-state index contributed by atoms with van der Waals surface area (Å²) < 4.78 is 0. The lowest BCUT2D eigenvalue weighted by Crippen LogP contribution is -2.51. The van der Waals surface area contributed by atoms with Crippen molar-refractivity contribution in [3.05, 3.63) is 0 Å². The van der Waals surface area contributed by atoms with Crippen molar-refractivity contribution in [3.8, 4) is 0 Å². The predicted octanol–water partition coefficient (Wildman–Crippen LogP) is 1.12. The second kappa shape index (κ2) is 5.90. The molecule has 4 N–H and O–H groups in total. The van der Waals surface area contributed by atoms with Gasteiger partial charge in [-0.15, -0.1) is 0 Å². The van der Waals surface area contributed by atoms with Gasteiger partial charge in [0.25, 0.3) is 0 Å². The molecule has 19 heavy (non-hydrogen) atoms. The normalized spacial score (nSPS) is 29.3. The van der Waals surface area contributed by atoms with Crippen LogP contribution in [0.2, 0.25) is 0 Å². The summed E-state index contributed by atoms with van der Waals surface area (Å²) in [7, 11) is 0. The zero-order chi connectivity index (χ0) is 13.9. The van der Waals surface area contributed by atoms with Crippen LogP contribution in [0.4, 0.5) is 0 Å². The molecule has 0 heterocycles. The maximum atomic E-state index is 12.1. The Kier molecular flexibility index (Phi) is 4.45. The molecule has 0 aromatic rings. The van der Waals surface area contributed by atoms with Crippen LogP contribution in [0.15, 0.2) is 0 Å². The maximum Gasteiger partial charge on any atom is 0.306 e. The van der Waals surface area contributed by atoms with Gasteiger partial charge in [-0.3, -0.25) is 9.59 Å². The zero-order valence-electron chi connectivity index (χ0n) is 11.4. The van der Waals surface area contributed by atoms with Crippen LogP contribution in [0.3, 0.4) is 0 Å². The van der Waals surface area contributed by atoms with Gasteiger partial charge in [-0.1, -0.05) is 6.42 Å². The number of carbonyl (C=O) groups is 2. The lowest BCUT2D eigenvalue weighted by molar-refractivity contribution is -0.143. The fourth-order valence-electron chi connectivity index (χ4n) is 3.17. The van der Waals surface area contributed by atoms with Gasteiger partial charge in [-0.2, -0.15) is 0 Å². The number of carbonyl (C=O) groups excluding carboxylic acids is 1. The number of carboxylic acid groups (broad SMARTS) is 1. The molecule has 1 amide bonds. The molecule has 2 aliphatic rings. The van der Waals surface area contributed by atoms with Crippen molar-refractivity contribution in [2.45, 2.75) is 44.9 Å². The number of nitrogens with two attached hydrogens (primary N) is 1. The van der Waals surface area contributed by atoms with Crippen LogP contribution in [0, 0.1) is 17.3 Å². The number of rotatable bonds is 5. The largest absolute Gasteiger partial charge is 0.481 e. The van der Waals surface area contributed by atoms with E-state index in [1.54, 1.807) is 0 Å². The molecule has 0 spiro atoms. The van der Waals surface area contributed by atoms with E-state index in [9.17, 15) is 9.59 Å². The molecule has 0 radical (unpaired) electrons. The third-order valence-electron chi connectivity index (χ3n) is 4.93. The minimum atomic E-state index is -0.681. The van der Waals surface area contributed by atoms with E-state index in [0.29, 0.717) is 19.0 Å². The highest BCUT2D eigenvalue weighted by atomic mass is 16.4. The lowest BCUT2D eigenvalue weighted by atomic mass is 9.68. The third-order valence-corrected chi connectivity index (χ3v) is 4.93. The van der Waals surface area contributed by atoms with Crippen molar-refractivity contribution in [1.29, 1.82) is 0 Å². The first kappa shape index (κ1) is 14.3. The van der Waals surface area contributed by atoms with Crippen LogP contribution in [-0.2, 0) is 9.59 Å². The molecule has 108 valence electrons. The van der Waals surface area contributed by atoms with E-state index in [0.717, 1.165) is 44.9 Å². The lowest BCUT2D eigenvalue weighted by Gasteiger charge is -2.39. The molecule has 2 aliphatic carbocycles. The average molecular weight is 268 g/mol. The van der Waals surface area contributed by atoms with Crippen molar-refractivity contribution < 1.29 is 14.7 Å². The monoisotopic (exact) mass is 268 g/mol. The van der Waals surface area contributed by atoms with Gasteiger partial charge in [0.05, 0.1) is 11.3 Å². The Balaban J connectivity index is 1.72. The second-order valence-electron chi connectivity index (χ2n) is 6.10. The minimum Gasteiger partial charge on any atom is -0.481 e. The van der Waals surface area contributed by atoms with Crippen LogP contribution in [0.25, 0.3) is 0 Å². The number of carboxylic acids is 1. The smallest absolute Gasteiger partial charge is 0.306 e. The summed E-state index contributed by atoms with van der Waals surface area (Å²) >= 11 is 0. The van der Waals surface area contributed by atoms with E-state index < -0.39 is 5.97 Å². The SMILES string of the molecule is NCC1(C(=O)NCC2CCC(C(=O)O)CC2)CCC1. The molecule has 2 saturated carbocycles. The van der Waals surface area contributed by atoms with E-state index in [1.165, 1.54) is 0 Å². The minimum absolute atomic E-state index is 0.0987. The summed E-state index contributed by atoms with van der Waals surface area (Å²) in [4.78, 5) is 23.0. The Morgan fingerprint density at radius 3 is 2.26 bits per heavy atom. The van der Waals surface area contributed by atoms with E-state index in [1.807, 2.05) is 0 Å². The number of aliphatic carboxylic acids is 1. The van der Waals surface area contributed by atoms with Crippen LogP contribution >= 0.6 is 0 Å². The highest BCUT2D eigenvalue weighted by molar-refractivity contribution is 5.83. The third kappa shape index (κ3) is 3.08. The number of hydrogen-bond donors (Lipinski definition) is 3. The zero-order valence-corrected chi connectivity index (χ0v) is 11.4. The van der Waals surface area contributed by atoms with Crippen molar-refractivity contribution in [1.82, 2.24) is 5.32 Å². The molecule has 5 nitrogen and oxygen atoms in total. The van der Waals surface area contributed by atoms with Gasteiger partial charge < -0.3 is 16.2 Å². The van der Waals surface area contributed by atoms with Crippen molar-refractivity contribution in [3.63, 3.8) is 0 Å². The molecular weight excluding hydrogens is 244 g/mol.